The van der Waals surface area contributed by atoms with Gasteiger partial charge in [0.2, 0.25) is 5.91 Å². The number of carboxylic acids is 1. The first-order valence-electron chi connectivity index (χ1n) is 6.40. The fourth-order valence-corrected chi connectivity index (χ4v) is 3.16. The highest BCUT2D eigenvalue weighted by Crippen LogP contribution is 2.20. The van der Waals surface area contributed by atoms with Crippen molar-refractivity contribution in [3.63, 3.8) is 0 Å². The highest BCUT2D eigenvalue weighted by atomic mass is 32.2. The van der Waals surface area contributed by atoms with Gasteiger partial charge in [-0.2, -0.15) is 11.8 Å². The molecule has 0 aromatic heterocycles. The van der Waals surface area contributed by atoms with E-state index in [-0.39, 0.29) is 18.4 Å². The predicted octanol–water partition coefficient (Wildman–Crippen LogP) is 0.159. The van der Waals surface area contributed by atoms with E-state index in [2.05, 4.69) is 0 Å². The molecule has 110 valence electrons. The van der Waals surface area contributed by atoms with Crippen LogP contribution in [0.4, 0.5) is 0 Å². The molecule has 0 aromatic rings. The summed E-state index contributed by atoms with van der Waals surface area (Å²) in [6, 6.07) is -0.799. The van der Waals surface area contributed by atoms with Gasteiger partial charge in [-0.15, -0.1) is 0 Å². The molecular formula is C12H22N2O4S. The van der Waals surface area contributed by atoms with Crippen molar-refractivity contribution in [3.05, 3.63) is 0 Å². The average molecular weight is 290 g/mol. The molecule has 0 bridgehead atoms. The van der Waals surface area contributed by atoms with E-state index in [0.717, 1.165) is 12.2 Å². The van der Waals surface area contributed by atoms with E-state index >= 15 is 0 Å². The summed E-state index contributed by atoms with van der Waals surface area (Å²) in [6.45, 7) is 1.16. The maximum atomic E-state index is 12.2. The fraction of sp³-hybridized carbons (Fsp3) is 0.833. The number of aliphatic carboxylic acids is 1. The van der Waals surface area contributed by atoms with Crippen molar-refractivity contribution in [1.82, 2.24) is 4.90 Å². The van der Waals surface area contributed by atoms with E-state index < -0.39 is 12.0 Å². The lowest BCUT2D eigenvalue weighted by Crippen LogP contribution is -2.53. The number of nitrogens with two attached hydrogens (primary N) is 1. The Balaban J connectivity index is 2.53. The van der Waals surface area contributed by atoms with Crippen LogP contribution in [0.3, 0.4) is 0 Å². The minimum atomic E-state index is -0.877. The van der Waals surface area contributed by atoms with E-state index in [1.165, 1.54) is 0 Å². The quantitative estimate of drug-likeness (QED) is 0.649. The molecule has 1 rings (SSSR count). The fourth-order valence-electron chi connectivity index (χ4n) is 2.10. The topological polar surface area (TPSA) is 92.9 Å². The molecule has 1 saturated heterocycles. The number of carbonyl (C=O) groups is 2. The normalized spacial score (nSPS) is 21.2. The van der Waals surface area contributed by atoms with Gasteiger partial charge in [0, 0.05) is 31.8 Å². The Bertz CT molecular complexity index is 314. The number of methoxy groups -OCH3 is 1. The Morgan fingerprint density at radius 3 is 2.95 bits per heavy atom. The first-order chi connectivity index (χ1) is 9.06. The third-order valence-corrected chi connectivity index (χ3v) is 4.19. The number of rotatable bonds is 7. The Kier molecular flexibility index (Phi) is 7.19. The van der Waals surface area contributed by atoms with Gasteiger partial charge in [-0.05, 0) is 12.8 Å². The highest BCUT2D eigenvalue weighted by molar-refractivity contribution is 7.99. The third-order valence-electron chi connectivity index (χ3n) is 3.10. The van der Waals surface area contributed by atoms with Gasteiger partial charge in [-0.25, -0.2) is 0 Å². The van der Waals surface area contributed by atoms with E-state index in [9.17, 15) is 9.59 Å². The summed E-state index contributed by atoms with van der Waals surface area (Å²) < 4.78 is 4.93. The number of carbonyl (C=O) groups excluding carboxylic acids is 1. The second kappa shape index (κ2) is 8.39. The molecule has 0 spiro atoms. The average Bonchev–Trinajstić information content (AvgIpc) is 2.38. The molecular weight excluding hydrogens is 268 g/mol. The van der Waals surface area contributed by atoms with Crippen LogP contribution in [0.15, 0.2) is 0 Å². The number of ether oxygens (including phenoxy) is 1. The number of hydrogen-bond donors (Lipinski definition) is 2. The number of nitrogens with zero attached hydrogens (tertiary/aromatic N) is 1. The molecule has 3 N–H and O–H groups in total. The Morgan fingerprint density at radius 2 is 2.32 bits per heavy atom. The zero-order valence-electron chi connectivity index (χ0n) is 11.2. The summed E-state index contributed by atoms with van der Waals surface area (Å²) in [6.07, 6.45) is 1.29. The summed E-state index contributed by atoms with van der Waals surface area (Å²) in [5, 5.41) is 8.88. The van der Waals surface area contributed by atoms with Crippen LogP contribution in [-0.4, -0.2) is 65.7 Å². The lowest BCUT2D eigenvalue weighted by molar-refractivity contribution is -0.141. The van der Waals surface area contributed by atoms with Gasteiger partial charge in [0.1, 0.15) is 0 Å². The molecule has 0 saturated carbocycles. The summed E-state index contributed by atoms with van der Waals surface area (Å²) >= 11 is 1.68. The number of hydrogen-bond acceptors (Lipinski definition) is 5. The van der Waals surface area contributed by atoms with Crippen LogP contribution >= 0.6 is 11.8 Å². The zero-order chi connectivity index (χ0) is 14.3. The molecule has 7 heteroatoms. The van der Waals surface area contributed by atoms with Crippen molar-refractivity contribution >= 4 is 23.6 Å². The van der Waals surface area contributed by atoms with Gasteiger partial charge in [0.05, 0.1) is 18.5 Å². The standard InChI is InChI=1S/C12H22N2O4S/c1-18-5-2-3-10(13)12(17)14-4-6-19-8-9(14)7-11(15)16/h9-10H,2-8,13H2,1H3,(H,15,16). The van der Waals surface area contributed by atoms with Gasteiger partial charge >= 0.3 is 5.97 Å². The van der Waals surface area contributed by atoms with Crippen molar-refractivity contribution in [2.24, 2.45) is 5.73 Å². The molecule has 2 atom stereocenters. The van der Waals surface area contributed by atoms with E-state index in [1.54, 1.807) is 23.8 Å². The van der Waals surface area contributed by atoms with Crippen LogP contribution < -0.4 is 5.73 Å². The molecule has 1 aliphatic rings. The molecule has 6 nitrogen and oxygen atoms in total. The van der Waals surface area contributed by atoms with Crippen molar-refractivity contribution in [3.8, 4) is 0 Å². The molecule has 0 radical (unpaired) electrons. The molecule has 19 heavy (non-hydrogen) atoms. The Labute approximate surface area is 117 Å². The van der Waals surface area contributed by atoms with E-state index in [0.29, 0.717) is 25.3 Å². The molecule has 0 aromatic carbocycles. The first kappa shape index (κ1) is 16.3. The minimum Gasteiger partial charge on any atom is -0.481 e. The third kappa shape index (κ3) is 5.38. The largest absolute Gasteiger partial charge is 0.481 e. The Morgan fingerprint density at radius 1 is 1.58 bits per heavy atom. The Hall–Kier alpha value is -0.790. The second-order valence-corrected chi connectivity index (χ2v) is 5.75. The van der Waals surface area contributed by atoms with Crippen LogP contribution in [-0.2, 0) is 14.3 Å². The van der Waals surface area contributed by atoms with E-state index in [4.69, 9.17) is 15.6 Å². The second-order valence-electron chi connectivity index (χ2n) is 4.60. The molecule has 1 amide bonds. The van der Waals surface area contributed by atoms with E-state index in [1.807, 2.05) is 0 Å². The lowest BCUT2D eigenvalue weighted by atomic mass is 10.1. The lowest BCUT2D eigenvalue weighted by Gasteiger charge is -2.36. The van der Waals surface area contributed by atoms with Crippen LogP contribution in [0.5, 0.6) is 0 Å². The van der Waals surface area contributed by atoms with Crippen LogP contribution in [0, 0.1) is 0 Å². The summed E-state index contributed by atoms with van der Waals surface area (Å²) in [4.78, 5) is 24.7. The minimum absolute atomic E-state index is 0.0104. The van der Waals surface area contributed by atoms with Gasteiger partial charge < -0.3 is 20.5 Å². The maximum Gasteiger partial charge on any atom is 0.305 e. The van der Waals surface area contributed by atoms with Gasteiger partial charge in [0.25, 0.3) is 0 Å². The maximum absolute atomic E-state index is 12.2. The van der Waals surface area contributed by atoms with Crippen molar-refractivity contribution in [2.45, 2.75) is 31.3 Å². The van der Waals surface area contributed by atoms with Gasteiger partial charge in [-0.3, -0.25) is 9.59 Å². The molecule has 0 aliphatic carbocycles. The van der Waals surface area contributed by atoms with Crippen LogP contribution in [0.2, 0.25) is 0 Å². The number of amides is 1. The molecule has 1 aliphatic heterocycles. The monoisotopic (exact) mass is 290 g/mol. The smallest absolute Gasteiger partial charge is 0.305 e. The van der Waals surface area contributed by atoms with Crippen LogP contribution in [0.1, 0.15) is 19.3 Å². The number of carboxylic acid groups (broad SMARTS) is 1. The summed E-state index contributed by atoms with van der Waals surface area (Å²) in [7, 11) is 1.61. The van der Waals surface area contributed by atoms with Crippen molar-refractivity contribution in [1.29, 1.82) is 0 Å². The predicted molar refractivity (Wildman–Crippen MR) is 74.2 cm³/mol. The van der Waals surface area contributed by atoms with Gasteiger partial charge in [-0.1, -0.05) is 0 Å². The zero-order valence-corrected chi connectivity index (χ0v) is 12.0. The summed E-state index contributed by atoms with van der Waals surface area (Å²) in [5.74, 6) is 0.496. The van der Waals surface area contributed by atoms with Crippen LogP contribution in [0.25, 0.3) is 0 Å². The van der Waals surface area contributed by atoms with Gasteiger partial charge in [0.15, 0.2) is 0 Å². The SMILES string of the molecule is COCCCC(N)C(=O)N1CCSCC1CC(=O)O. The summed E-state index contributed by atoms with van der Waals surface area (Å²) in [5.41, 5.74) is 5.88. The first-order valence-corrected chi connectivity index (χ1v) is 7.56. The molecule has 2 unspecified atom stereocenters. The van der Waals surface area contributed by atoms with Crippen molar-refractivity contribution in [2.75, 3.05) is 31.8 Å². The highest BCUT2D eigenvalue weighted by Gasteiger charge is 2.31. The molecule has 1 heterocycles. The number of thioether (sulfide) groups is 1. The van der Waals surface area contributed by atoms with Crippen molar-refractivity contribution < 1.29 is 19.4 Å². The molecule has 1 fully saturated rings.